The summed E-state index contributed by atoms with van der Waals surface area (Å²) in [7, 11) is 3.52. The number of rotatable bonds is 5. The van der Waals surface area contributed by atoms with Crippen molar-refractivity contribution < 1.29 is 4.79 Å². The molecule has 8 nitrogen and oxygen atoms in total. The van der Waals surface area contributed by atoms with Crippen LogP contribution in [0.1, 0.15) is 63.5 Å². The maximum Gasteiger partial charge on any atom is 0.243 e. The number of likely N-dealkylation sites (N-methyl/N-ethyl adjacent to an activating group) is 1. The van der Waals surface area contributed by atoms with Gasteiger partial charge < -0.3 is 15.5 Å². The molecule has 2 N–H and O–H groups in total. The number of carbonyl (C=O) groups excluding carboxylic acids is 1. The van der Waals surface area contributed by atoms with Gasteiger partial charge in [-0.2, -0.15) is 5.10 Å². The van der Waals surface area contributed by atoms with Gasteiger partial charge in [0.2, 0.25) is 5.91 Å². The molecule has 2 aliphatic rings. The number of amides is 1. The maximum absolute atomic E-state index is 11.9. The molecular weight excluding hydrogens is 469 g/mol. The molecule has 0 bridgehead atoms. The molecule has 0 radical (unpaired) electrons. The highest BCUT2D eigenvalue weighted by molar-refractivity contribution is 14.0. The highest BCUT2D eigenvalue weighted by Crippen LogP contribution is 2.19. The lowest BCUT2D eigenvalue weighted by Crippen LogP contribution is -2.49. The third-order valence-electron chi connectivity index (χ3n) is 5.30. The normalized spacial score (nSPS) is 19.9. The van der Waals surface area contributed by atoms with Crippen molar-refractivity contribution in [2.24, 2.45) is 4.99 Å². The van der Waals surface area contributed by atoms with Crippen LogP contribution in [0.4, 0.5) is 0 Å². The highest BCUT2D eigenvalue weighted by Gasteiger charge is 2.24. The second-order valence-corrected chi connectivity index (χ2v) is 8.18. The Kier molecular flexibility index (Phi) is 8.51. The third-order valence-corrected chi connectivity index (χ3v) is 5.30. The van der Waals surface area contributed by atoms with E-state index in [0.717, 1.165) is 49.8 Å². The molecule has 1 amide bonds. The first-order valence-corrected chi connectivity index (χ1v) is 10.1. The average Bonchev–Trinajstić information content (AvgIpc) is 3.28. The first-order valence-electron chi connectivity index (χ1n) is 10.1. The smallest absolute Gasteiger partial charge is 0.243 e. The number of aromatic nitrogens is 3. The summed E-state index contributed by atoms with van der Waals surface area (Å²) in [5.41, 5.74) is 0. The Hall–Kier alpha value is -1.39. The molecule has 1 unspecified atom stereocenters. The molecular formula is C19H34IN7O. The monoisotopic (exact) mass is 503 g/mol. The highest BCUT2D eigenvalue weighted by atomic mass is 127. The van der Waals surface area contributed by atoms with E-state index in [0.29, 0.717) is 12.0 Å². The van der Waals surface area contributed by atoms with Crippen molar-refractivity contribution in [3.05, 3.63) is 11.6 Å². The van der Waals surface area contributed by atoms with Gasteiger partial charge in [0, 0.05) is 38.5 Å². The van der Waals surface area contributed by atoms with E-state index in [1.807, 2.05) is 4.68 Å². The summed E-state index contributed by atoms with van der Waals surface area (Å²) < 4.78 is 2.02. The lowest BCUT2D eigenvalue weighted by Gasteiger charge is -2.27. The number of hydrogen-bond donors (Lipinski definition) is 2. The van der Waals surface area contributed by atoms with Gasteiger partial charge in [-0.3, -0.25) is 4.79 Å². The summed E-state index contributed by atoms with van der Waals surface area (Å²) >= 11 is 0. The Bertz CT molecular complexity index is 680. The van der Waals surface area contributed by atoms with Gasteiger partial charge in [-0.05, 0) is 19.3 Å². The standard InChI is InChI=1S/C19H33N7O.HI/c1-13(2)18-23-16-10-9-15(12-26(16)24-18)22-19(20-11-17(27)25(3)4)21-14-7-5-6-8-14;/h13-15H,5-12H2,1-4H3,(H2,20,21,22);1H. The molecule has 1 atom stereocenters. The van der Waals surface area contributed by atoms with Gasteiger partial charge in [-0.25, -0.2) is 14.7 Å². The minimum absolute atomic E-state index is 0. The van der Waals surface area contributed by atoms with Crippen molar-refractivity contribution in [3.63, 3.8) is 0 Å². The van der Waals surface area contributed by atoms with Crippen molar-refractivity contribution in [2.75, 3.05) is 20.6 Å². The predicted octanol–water partition coefficient (Wildman–Crippen LogP) is 1.90. The van der Waals surface area contributed by atoms with Crippen LogP contribution < -0.4 is 10.6 Å². The molecule has 0 aromatic carbocycles. The minimum atomic E-state index is 0. The van der Waals surface area contributed by atoms with Gasteiger partial charge in [0.1, 0.15) is 12.4 Å². The van der Waals surface area contributed by atoms with E-state index in [4.69, 9.17) is 0 Å². The van der Waals surface area contributed by atoms with Crippen molar-refractivity contribution in [1.82, 2.24) is 30.3 Å². The van der Waals surface area contributed by atoms with Crippen molar-refractivity contribution in [1.29, 1.82) is 0 Å². The molecule has 1 aliphatic carbocycles. The van der Waals surface area contributed by atoms with Crippen molar-refractivity contribution in [2.45, 2.75) is 76.9 Å². The Labute approximate surface area is 185 Å². The molecule has 28 heavy (non-hydrogen) atoms. The Morgan fingerprint density at radius 1 is 1.21 bits per heavy atom. The first-order chi connectivity index (χ1) is 12.9. The summed E-state index contributed by atoms with van der Waals surface area (Å²) in [5, 5.41) is 11.7. The summed E-state index contributed by atoms with van der Waals surface area (Å²) in [6.45, 7) is 5.18. The lowest BCUT2D eigenvalue weighted by molar-refractivity contribution is -0.127. The Morgan fingerprint density at radius 2 is 1.89 bits per heavy atom. The van der Waals surface area contributed by atoms with E-state index >= 15 is 0 Å². The molecule has 0 saturated heterocycles. The van der Waals surface area contributed by atoms with Crippen molar-refractivity contribution in [3.8, 4) is 0 Å². The van der Waals surface area contributed by atoms with E-state index in [2.05, 4.69) is 39.6 Å². The van der Waals surface area contributed by atoms with Gasteiger partial charge in [0.05, 0.1) is 6.54 Å². The zero-order valence-corrected chi connectivity index (χ0v) is 19.8. The van der Waals surface area contributed by atoms with Crippen LogP contribution in [0, 0.1) is 0 Å². The average molecular weight is 503 g/mol. The van der Waals surface area contributed by atoms with Gasteiger partial charge in [0.15, 0.2) is 11.8 Å². The SMILES string of the molecule is CC(C)c1nc2n(n1)CC(NC(=NCC(=O)N(C)C)NC1CCCC1)CC2.I. The number of halogens is 1. The number of aryl methyl sites for hydroxylation is 1. The topological polar surface area (TPSA) is 87.4 Å². The predicted molar refractivity (Wildman–Crippen MR) is 121 cm³/mol. The largest absolute Gasteiger partial charge is 0.354 e. The van der Waals surface area contributed by atoms with Crippen LogP contribution in [0.3, 0.4) is 0 Å². The molecule has 9 heteroatoms. The van der Waals surface area contributed by atoms with Crippen LogP contribution in [-0.2, 0) is 17.8 Å². The van der Waals surface area contributed by atoms with Crippen LogP contribution in [0.2, 0.25) is 0 Å². The lowest BCUT2D eigenvalue weighted by atomic mass is 10.1. The zero-order chi connectivity index (χ0) is 19.4. The molecule has 3 rings (SSSR count). The molecule has 0 spiro atoms. The molecule has 1 aromatic rings. The fourth-order valence-corrected chi connectivity index (χ4v) is 3.57. The van der Waals surface area contributed by atoms with Gasteiger partial charge in [0.25, 0.3) is 0 Å². The fourth-order valence-electron chi connectivity index (χ4n) is 3.57. The summed E-state index contributed by atoms with van der Waals surface area (Å²) in [6, 6.07) is 0.685. The zero-order valence-electron chi connectivity index (χ0n) is 17.4. The molecule has 1 saturated carbocycles. The van der Waals surface area contributed by atoms with E-state index in [1.54, 1.807) is 19.0 Å². The van der Waals surface area contributed by atoms with Gasteiger partial charge >= 0.3 is 0 Å². The van der Waals surface area contributed by atoms with Gasteiger partial charge in [-0.1, -0.05) is 26.7 Å². The quantitative estimate of drug-likeness (QED) is 0.364. The number of fused-ring (bicyclic) bond motifs is 1. The summed E-state index contributed by atoms with van der Waals surface area (Å²) in [5.74, 6) is 3.08. The Balaban J connectivity index is 0.00000280. The molecule has 158 valence electrons. The Morgan fingerprint density at radius 3 is 2.54 bits per heavy atom. The van der Waals surface area contributed by atoms with Crippen molar-refractivity contribution >= 4 is 35.8 Å². The first kappa shape index (κ1) is 22.9. The number of aliphatic imine (C=N–C) groups is 1. The number of nitrogens with one attached hydrogen (secondary N) is 2. The van der Waals surface area contributed by atoms with Crippen LogP contribution in [-0.4, -0.2) is 64.3 Å². The van der Waals surface area contributed by atoms with E-state index in [1.165, 1.54) is 12.8 Å². The minimum Gasteiger partial charge on any atom is -0.354 e. The second kappa shape index (κ2) is 10.4. The second-order valence-electron chi connectivity index (χ2n) is 8.18. The van der Waals surface area contributed by atoms with Crippen LogP contribution >= 0.6 is 24.0 Å². The van der Waals surface area contributed by atoms with Crippen LogP contribution in [0.25, 0.3) is 0 Å². The van der Waals surface area contributed by atoms with E-state index in [-0.39, 0.29) is 42.5 Å². The molecule has 1 fully saturated rings. The molecule has 1 aromatic heterocycles. The maximum atomic E-state index is 11.9. The third kappa shape index (κ3) is 6.05. The number of nitrogens with zero attached hydrogens (tertiary/aromatic N) is 5. The van der Waals surface area contributed by atoms with Crippen LogP contribution in [0.5, 0.6) is 0 Å². The number of hydrogen-bond acceptors (Lipinski definition) is 4. The summed E-state index contributed by atoms with van der Waals surface area (Å²) in [4.78, 5) is 22.7. The number of carbonyl (C=O) groups is 1. The van der Waals surface area contributed by atoms with Gasteiger partial charge in [-0.15, -0.1) is 24.0 Å². The molecule has 2 heterocycles. The van der Waals surface area contributed by atoms with Crippen LogP contribution in [0.15, 0.2) is 4.99 Å². The fraction of sp³-hybridized carbons (Fsp3) is 0.789. The number of guanidine groups is 1. The summed E-state index contributed by atoms with van der Waals surface area (Å²) in [6.07, 6.45) is 6.74. The molecule has 1 aliphatic heterocycles. The van der Waals surface area contributed by atoms with E-state index in [9.17, 15) is 4.79 Å². The van der Waals surface area contributed by atoms with E-state index < -0.39 is 0 Å².